The van der Waals surface area contributed by atoms with Gasteiger partial charge in [0.15, 0.2) is 0 Å². The number of terminal acetylenes is 1. The first-order valence-corrected chi connectivity index (χ1v) is 3.89. The molecule has 0 saturated carbocycles. The lowest BCUT2D eigenvalue weighted by Gasteiger charge is -2.00. The van der Waals surface area contributed by atoms with Gasteiger partial charge in [-0.25, -0.2) is 0 Å². The smallest absolute Gasteiger partial charge is 0.0218 e. The Morgan fingerprint density at radius 1 is 1.45 bits per heavy atom. The van der Waals surface area contributed by atoms with Crippen LogP contribution in [0.5, 0.6) is 0 Å². The first kappa shape index (κ1) is 12.6. The van der Waals surface area contributed by atoms with E-state index in [1.54, 1.807) is 6.08 Å². The second-order valence-electron chi connectivity index (χ2n) is 2.11. The van der Waals surface area contributed by atoms with E-state index in [1.807, 2.05) is 27.7 Å². The Kier molecular flexibility index (Phi) is 10.3. The van der Waals surface area contributed by atoms with Crippen molar-refractivity contribution in [1.82, 2.24) is 0 Å². The molecule has 0 fully saturated rings. The molecule has 0 aliphatic rings. The van der Waals surface area contributed by atoms with E-state index in [0.29, 0.717) is 5.92 Å². The average Bonchev–Trinajstić information content (AvgIpc) is 2.03. The van der Waals surface area contributed by atoms with E-state index in [9.17, 15) is 0 Å². The Labute approximate surface area is 70.0 Å². The van der Waals surface area contributed by atoms with Crippen molar-refractivity contribution in [2.75, 3.05) is 0 Å². The topological polar surface area (TPSA) is 23.9 Å². The van der Waals surface area contributed by atoms with Gasteiger partial charge in [-0.1, -0.05) is 33.6 Å². The van der Waals surface area contributed by atoms with Crippen LogP contribution in [0.2, 0.25) is 0 Å². The highest BCUT2D eigenvalue weighted by molar-refractivity contribution is 5.77. The first-order chi connectivity index (χ1) is 5.22. The molecule has 0 aliphatic carbocycles. The van der Waals surface area contributed by atoms with Crippen LogP contribution >= 0.6 is 0 Å². The molecule has 11 heavy (non-hydrogen) atoms. The molecule has 1 nitrogen and oxygen atoms in total. The van der Waals surface area contributed by atoms with Crippen molar-refractivity contribution in [1.29, 1.82) is 5.41 Å². The number of nitrogens with one attached hydrogen (secondary N) is 1. The van der Waals surface area contributed by atoms with Crippen molar-refractivity contribution in [3.8, 4) is 12.3 Å². The lowest BCUT2D eigenvalue weighted by Crippen LogP contribution is -1.93. The van der Waals surface area contributed by atoms with Gasteiger partial charge < -0.3 is 5.41 Å². The average molecular weight is 151 g/mol. The van der Waals surface area contributed by atoms with Crippen molar-refractivity contribution in [3.63, 3.8) is 0 Å². The van der Waals surface area contributed by atoms with Gasteiger partial charge in [0, 0.05) is 6.21 Å². The van der Waals surface area contributed by atoms with Crippen LogP contribution in [-0.2, 0) is 0 Å². The summed E-state index contributed by atoms with van der Waals surface area (Å²) in [5.41, 5.74) is 0.900. The fourth-order valence-electron chi connectivity index (χ4n) is 0.471. The van der Waals surface area contributed by atoms with Crippen LogP contribution in [-0.4, -0.2) is 6.21 Å². The van der Waals surface area contributed by atoms with Gasteiger partial charge in [0.25, 0.3) is 0 Å². The van der Waals surface area contributed by atoms with Crippen LogP contribution in [0.25, 0.3) is 0 Å². The summed E-state index contributed by atoms with van der Waals surface area (Å²) in [5, 5.41) is 6.90. The summed E-state index contributed by atoms with van der Waals surface area (Å²) < 4.78 is 0. The maximum atomic E-state index is 6.90. The van der Waals surface area contributed by atoms with Crippen LogP contribution in [0.4, 0.5) is 0 Å². The number of rotatable bonds is 2. The van der Waals surface area contributed by atoms with Gasteiger partial charge in [-0.15, -0.1) is 6.42 Å². The molecule has 0 unspecified atom stereocenters. The van der Waals surface area contributed by atoms with E-state index in [2.05, 4.69) is 5.92 Å². The summed E-state index contributed by atoms with van der Waals surface area (Å²) in [6, 6.07) is 0. The molecule has 0 spiro atoms. The molecule has 0 rings (SSSR count). The summed E-state index contributed by atoms with van der Waals surface area (Å²) in [6.45, 7) is 8.02. The van der Waals surface area contributed by atoms with Gasteiger partial charge in [-0.2, -0.15) is 0 Å². The van der Waals surface area contributed by atoms with Crippen molar-refractivity contribution in [2.45, 2.75) is 27.7 Å². The fourth-order valence-corrected chi connectivity index (χ4v) is 0.471. The van der Waals surface area contributed by atoms with Gasteiger partial charge in [-0.3, -0.25) is 0 Å². The van der Waals surface area contributed by atoms with E-state index < -0.39 is 0 Å². The molecule has 0 saturated heterocycles. The Hall–Kier alpha value is -1.03. The van der Waals surface area contributed by atoms with Gasteiger partial charge >= 0.3 is 0 Å². The van der Waals surface area contributed by atoms with E-state index in [-0.39, 0.29) is 0 Å². The minimum atomic E-state index is 0.360. The summed E-state index contributed by atoms with van der Waals surface area (Å²) in [7, 11) is 0. The van der Waals surface area contributed by atoms with Crippen molar-refractivity contribution in [2.24, 2.45) is 5.92 Å². The molecular formula is C10H17N. The minimum Gasteiger partial charge on any atom is -0.308 e. The Morgan fingerprint density at radius 2 is 1.91 bits per heavy atom. The minimum absolute atomic E-state index is 0.360. The molecule has 0 bridgehead atoms. The maximum Gasteiger partial charge on any atom is 0.0218 e. The molecule has 1 heteroatoms. The number of hydrogen-bond donors (Lipinski definition) is 1. The zero-order valence-electron chi connectivity index (χ0n) is 7.81. The lowest BCUT2D eigenvalue weighted by atomic mass is 10.1. The molecule has 0 aliphatic heterocycles. The largest absolute Gasteiger partial charge is 0.308 e. The second kappa shape index (κ2) is 8.97. The molecule has 0 aromatic rings. The maximum absolute atomic E-state index is 6.90. The number of hydrogen-bond acceptors (Lipinski definition) is 1. The van der Waals surface area contributed by atoms with Crippen molar-refractivity contribution < 1.29 is 0 Å². The van der Waals surface area contributed by atoms with Gasteiger partial charge in [0.1, 0.15) is 0 Å². The monoisotopic (exact) mass is 151 g/mol. The fraction of sp³-hybridized carbons (Fsp3) is 0.500. The predicted molar refractivity (Wildman–Crippen MR) is 51.9 cm³/mol. The molecule has 0 atom stereocenters. The van der Waals surface area contributed by atoms with Crippen LogP contribution < -0.4 is 0 Å². The summed E-state index contributed by atoms with van der Waals surface area (Å²) >= 11 is 0. The van der Waals surface area contributed by atoms with Crippen molar-refractivity contribution in [3.05, 3.63) is 11.6 Å². The quantitative estimate of drug-likeness (QED) is 0.463. The van der Waals surface area contributed by atoms with Crippen molar-refractivity contribution >= 4 is 6.21 Å². The molecule has 0 aromatic heterocycles. The zero-order valence-corrected chi connectivity index (χ0v) is 7.81. The van der Waals surface area contributed by atoms with Crippen LogP contribution in [0, 0.1) is 23.7 Å². The Morgan fingerprint density at radius 3 is 2.00 bits per heavy atom. The summed E-state index contributed by atoms with van der Waals surface area (Å²) in [4.78, 5) is 0. The third kappa shape index (κ3) is 6.86. The molecule has 1 N–H and O–H groups in total. The molecular weight excluding hydrogens is 134 g/mol. The Bertz CT molecular complexity index is 158. The molecule has 62 valence electrons. The molecule has 0 aromatic carbocycles. The highest BCUT2D eigenvalue weighted by Crippen LogP contribution is 2.04. The lowest BCUT2D eigenvalue weighted by molar-refractivity contribution is 0.806. The van der Waals surface area contributed by atoms with Crippen LogP contribution in [0.1, 0.15) is 27.7 Å². The molecule has 0 radical (unpaired) electrons. The summed E-state index contributed by atoms with van der Waals surface area (Å²) in [6.07, 6.45) is 7.93. The van der Waals surface area contributed by atoms with E-state index >= 15 is 0 Å². The third-order valence-electron chi connectivity index (χ3n) is 1.08. The SMILES string of the molecule is C#C/C=C(\C=N)C(C)C.CC. The highest BCUT2D eigenvalue weighted by atomic mass is 14.3. The third-order valence-corrected chi connectivity index (χ3v) is 1.08. The van der Waals surface area contributed by atoms with Crippen LogP contribution in [0.3, 0.4) is 0 Å². The molecule has 0 amide bonds. The van der Waals surface area contributed by atoms with E-state index in [0.717, 1.165) is 5.57 Å². The number of allylic oxidation sites excluding steroid dienone is 2. The van der Waals surface area contributed by atoms with Gasteiger partial charge in [-0.05, 0) is 17.6 Å². The van der Waals surface area contributed by atoms with E-state index in [4.69, 9.17) is 11.8 Å². The summed E-state index contributed by atoms with van der Waals surface area (Å²) in [5.74, 6) is 2.75. The first-order valence-electron chi connectivity index (χ1n) is 3.89. The van der Waals surface area contributed by atoms with E-state index in [1.165, 1.54) is 6.21 Å². The second-order valence-corrected chi connectivity index (χ2v) is 2.11. The van der Waals surface area contributed by atoms with Gasteiger partial charge in [0.2, 0.25) is 0 Å². The zero-order chi connectivity index (χ0) is 9.28. The van der Waals surface area contributed by atoms with Crippen LogP contribution in [0.15, 0.2) is 11.6 Å². The highest BCUT2D eigenvalue weighted by Gasteiger charge is 1.95. The normalized spacial score (nSPS) is 9.64. The van der Waals surface area contributed by atoms with Gasteiger partial charge in [0.05, 0.1) is 0 Å². The predicted octanol–water partition coefficient (Wildman–Crippen LogP) is 2.88. The molecule has 0 heterocycles. The Balaban J connectivity index is 0. The standard InChI is InChI=1S/C8H11N.C2H6/c1-4-5-8(6-9)7(2)3;1-2/h1,5-7,9H,2-3H3;1-2H3/b8-5+,9-6?;.